The number of likely N-dealkylation sites (N-methyl/N-ethyl adjacent to an activating group) is 1. The van der Waals surface area contributed by atoms with Gasteiger partial charge in [-0.15, -0.1) is 0 Å². The molecule has 13 heteroatoms. The van der Waals surface area contributed by atoms with Crippen LogP contribution in [0.1, 0.15) is 47.4 Å². The molecule has 3 atom stereocenters. The van der Waals surface area contributed by atoms with Crippen molar-refractivity contribution >= 4 is 53.1 Å². The van der Waals surface area contributed by atoms with Crippen molar-refractivity contribution in [3.05, 3.63) is 59.4 Å². The van der Waals surface area contributed by atoms with Gasteiger partial charge in [0.1, 0.15) is 35.3 Å². The highest BCUT2D eigenvalue weighted by molar-refractivity contribution is 7.51. The Morgan fingerprint density at radius 1 is 1.12 bits per heavy atom. The predicted octanol–water partition coefficient (Wildman–Crippen LogP) is 6.61. The average Bonchev–Trinajstić information content (AvgIpc) is 3.30. The van der Waals surface area contributed by atoms with Crippen LogP contribution < -0.4 is 10.3 Å². The Balaban J connectivity index is 1.72. The van der Waals surface area contributed by atoms with E-state index in [2.05, 4.69) is 4.98 Å². The van der Waals surface area contributed by atoms with Gasteiger partial charge >= 0.3 is 13.7 Å². The minimum atomic E-state index is -4.16. The summed E-state index contributed by atoms with van der Waals surface area (Å²) in [6.07, 6.45) is -0.697. The van der Waals surface area contributed by atoms with Gasteiger partial charge in [0.05, 0.1) is 23.7 Å². The number of fused-ring (bicyclic) bond motifs is 3. The quantitative estimate of drug-likeness (QED) is 0.135. The molecule has 0 saturated heterocycles. The maximum atomic E-state index is 14.6. The number of carbonyl (C=O) groups is 1. The van der Waals surface area contributed by atoms with Crippen LogP contribution in [0.4, 0.5) is 5.82 Å². The fraction of sp³-hybridized carbons (Fsp3) is 0.433. The number of nitrogens with two attached hydrogens (primary N) is 1. The summed E-state index contributed by atoms with van der Waals surface area (Å²) in [5.74, 6) is 0.598. The molecule has 2 N–H and O–H groups in total. The number of ether oxygens (including phenoxy) is 2. The number of aromatic nitrogens is 3. The molecule has 4 aromatic rings. The zero-order valence-corrected chi connectivity index (χ0v) is 27.2. The molecule has 11 nitrogen and oxygen atoms in total. The van der Waals surface area contributed by atoms with Crippen molar-refractivity contribution in [3.63, 3.8) is 0 Å². The normalized spacial score (nSPS) is 15.0. The van der Waals surface area contributed by atoms with Gasteiger partial charge < -0.3 is 24.3 Å². The van der Waals surface area contributed by atoms with E-state index < -0.39 is 31.5 Å². The Labute approximate surface area is 256 Å². The first kappa shape index (κ1) is 32.7. The minimum Gasteiger partial charge on any atom is -0.459 e. The fourth-order valence-corrected chi connectivity index (χ4v) is 6.34. The Morgan fingerprint density at radius 2 is 1.79 bits per heavy atom. The van der Waals surface area contributed by atoms with Gasteiger partial charge in [0, 0.05) is 17.0 Å². The van der Waals surface area contributed by atoms with Crippen molar-refractivity contribution in [3.8, 4) is 5.75 Å². The standard InChI is InChI=1S/C30H39ClN5O6P/c1-8-39-18-25-34-26-27(23-11-9-10-12-24(23)33-28(26)32)36(25)17-19(2)41-43(38,42-22-15-13-21(31)14-16-22)35(7)20(3)29(37)40-30(4,5)6/h9-16,19-20H,8,17-18H2,1-7H3,(H2,32,33)/t19-,20+,43?/m1/s1. The maximum absolute atomic E-state index is 14.6. The molecule has 0 aliphatic heterocycles. The van der Waals surface area contributed by atoms with Gasteiger partial charge in [-0.1, -0.05) is 29.8 Å². The number of nitrogen functional groups attached to an aromatic ring is 1. The molecule has 0 spiro atoms. The highest BCUT2D eigenvalue weighted by Crippen LogP contribution is 2.53. The van der Waals surface area contributed by atoms with E-state index in [1.807, 2.05) is 35.8 Å². The number of hydrogen-bond donors (Lipinski definition) is 1. The molecule has 0 fully saturated rings. The number of halogens is 1. The highest BCUT2D eigenvalue weighted by atomic mass is 35.5. The molecule has 0 aliphatic carbocycles. The molecule has 232 valence electrons. The van der Waals surface area contributed by atoms with E-state index in [0.717, 1.165) is 10.9 Å². The summed E-state index contributed by atoms with van der Waals surface area (Å²) in [7, 11) is -2.66. The Bertz CT molecular complexity index is 1640. The zero-order chi connectivity index (χ0) is 31.5. The van der Waals surface area contributed by atoms with Crippen LogP contribution in [0.15, 0.2) is 48.5 Å². The number of benzene rings is 2. The smallest absolute Gasteiger partial charge is 0.459 e. The topological polar surface area (TPSA) is 131 Å². The van der Waals surface area contributed by atoms with Crippen molar-refractivity contribution in [2.45, 2.75) is 72.4 Å². The molecule has 0 aliphatic rings. The second-order valence-corrected chi connectivity index (χ2v) is 13.6. The summed E-state index contributed by atoms with van der Waals surface area (Å²) in [6.45, 7) is 11.5. The van der Waals surface area contributed by atoms with Gasteiger partial charge in [-0.25, -0.2) is 14.5 Å². The number of nitrogens with zero attached hydrogens (tertiary/aromatic N) is 4. The first-order valence-corrected chi connectivity index (χ1v) is 15.9. The van der Waals surface area contributed by atoms with Gasteiger partial charge in [-0.2, -0.15) is 4.67 Å². The van der Waals surface area contributed by atoms with Crippen molar-refractivity contribution in [1.82, 2.24) is 19.2 Å². The molecule has 0 saturated carbocycles. The van der Waals surface area contributed by atoms with Crippen molar-refractivity contribution in [1.29, 1.82) is 0 Å². The summed E-state index contributed by atoms with van der Waals surface area (Å²) in [5, 5.41) is 1.34. The fourth-order valence-electron chi connectivity index (χ4n) is 4.46. The van der Waals surface area contributed by atoms with Crippen LogP contribution in [-0.4, -0.2) is 56.6 Å². The molecule has 2 aromatic heterocycles. The first-order valence-electron chi connectivity index (χ1n) is 14.0. The second kappa shape index (κ2) is 13.2. The summed E-state index contributed by atoms with van der Waals surface area (Å²) < 4.78 is 41.3. The first-order chi connectivity index (χ1) is 20.2. The Hall–Kier alpha value is -3.21. The molecule has 1 unspecified atom stereocenters. The third-order valence-corrected chi connectivity index (χ3v) is 9.05. The lowest BCUT2D eigenvalue weighted by Crippen LogP contribution is -2.40. The van der Waals surface area contributed by atoms with Gasteiger partial charge in [-0.3, -0.25) is 9.32 Å². The van der Waals surface area contributed by atoms with Gasteiger partial charge in [-0.05, 0) is 78.9 Å². The predicted molar refractivity (Wildman–Crippen MR) is 168 cm³/mol. The van der Waals surface area contributed by atoms with Crippen molar-refractivity contribution in [2.75, 3.05) is 19.4 Å². The lowest BCUT2D eigenvalue weighted by Gasteiger charge is -2.33. The van der Waals surface area contributed by atoms with Crippen LogP contribution in [-0.2, 0) is 36.5 Å². The highest BCUT2D eigenvalue weighted by Gasteiger charge is 2.41. The number of pyridine rings is 1. The number of hydrogen-bond acceptors (Lipinski definition) is 9. The minimum absolute atomic E-state index is 0.217. The second-order valence-electron chi connectivity index (χ2n) is 11.2. The lowest BCUT2D eigenvalue weighted by atomic mass is 10.2. The SMILES string of the molecule is CCOCc1nc2c(N)nc3ccccc3c2n1C[C@@H](C)OP(=O)(Oc1ccc(Cl)cc1)N(C)[C@@H](C)C(=O)OC(C)(C)C. The number of esters is 1. The monoisotopic (exact) mass is 631 g/mol. The van der Waals surface area contributed by atoms with E-state index >= 15 is 0 Å². The van der Waals surface area contributed by atoms with Crippen LogP contribution in [0.2, 0.25) is 5.02 Å². The van der Waals surface area contributed by atoms with Gasteiger partial charge in [0.2, 0.25) is 0 Å². The van der Waals surface area contributed by atoms with Crippen LogP contribution in [0.3, 0.4) is 0 Å². The number of para-hydroxylation sites is 1. The lowest BCUT2D eigenvalue weighted by molar-refractivity contribution is -0.159. The molecule has 0 radical (unpaired) electrons. The van der Waals surface area contributed by atoms with E-state index in [-0.39, 0.29) is 18.9 Å². The largest absolute Gasteiger partial charge is 0.462 e. The van der Waals surface area contributed by atoms with E-state index in [0.29, 0.717) is 34.3 Å². The van der Waals surface area contributed by atoms with Crippen LogP contribution in [0.5, 0.6) is 5.75 Å². The molecule has 4 rings (SSSR count). The van der Waals surface area contributed by atoms with E-state index in [4.69, 9.17) is 40.8 Å². The van der Waals surface area contributed by atoms with Crippen molar-refractivity contribution < 1.29 is 27.9 Å². The number of anilines is 1. The van der Waals surface area contributed by atoms with E-state index in [9.17, 15) is 9.36 Å². The van der Waals surface area contributed by atoms with E-state index in [1.165, 1.54) is 11.7 Å². The zero-order valence-electron chi connectivity index (χ0n) is 25.5. The summed E-state index contributed by atoms with van der Waals surface area (Å²) in [6, 6.07) is 13.1. The summed E-state index contributed by atoms with van der Waals surface area (Å²) in [4.78, 5) is 22.3. The van der Waals surface area contributed by atoms with Crippen LogP contribution in [0.25, 0.3) is 21.9 Å². The third kappa shape index (κ3) is 7.66. The van der Waals surface area contributed by atoms with Crippen LogP contribution in [0, 0.1) is 0 Å². The number of rotatable bonds is 12. The Morgan fingerprint density at radius 3 is 2.44 bits per heavy atom. The molecular formula is C30H39ClN5O6P. The van der Waals surface area contributed by atoms with Gasteiger partial charge in [0.15, 0.2) is 5.82 Å². The molecule has 2 aromatic carbocycles. The third-order valence-electron chi connectivity index (χ3n) is 6.61. The average molecular weight is 632 g/mol. The maximum Gasteiger partial charge on any atom is 0.462 e. The van der Waals surface area contributed by atoms with Crippen molar-refractivity contribution in [2.24, 2.45) is 0 Å². The number of imidazole rings is 1. The molecular weight excluding hydrogens is 593 g/mol. The molecule has 0 amide bonds. The summed E-state index contributed by atoms with van der Waals surface area (Å²) >= 11 is 6.05. The molecule has 2 heterocycles. The van der Waals surface area contributed by atoms with Gasteiger partial charge in [0.25, 0.3) is 0 Å². The summed E-state index contributed by atoms with van der Waals surface area (Å²) in [5.41, 5.74) is 7.60. The van der Waals surface area contributed by atoms with E-state index in [1.54, 1.807) is 58.9 Å². The van der Waals surface area contributed by atoms with Crippen LogP contribution >= 0.6 is 19.3 Å². The Kier molecular flexibility index (Phi) is 10.0. The number of carbonyl (C=O) groups excluding carboxylic acids is 1. The molecule has 43 heavy (non-hydrogen) atoms. The molecule has 0 bridgehead atoms.